The molecule has 1 atom stereocenters. The topological polar surface area (TPSA) is 64.9 Å². The van der Waals surface area contributed by atoms with Gasteiger partial charge in [-0.25, -0.2) is 4.39 Å². The van der Waals surface area contributed by atoms with Crippen LogP contribution in [0.3, 0.4) is 0 Å². The van der Waals surface area contributed by atoms with E-state index in [1.807, 2.05) is 0 Å². The molecule has 0 aliphatic heterocycles. The molecule has 5 heteroatoms. The van der Waals surface area contributed by atoms with Crippen molar-refractivity contribution < 1.29 is 4.39 Å². The molecule has 2 rings (SSSR count). The van der Waals surface area contributed by atoms with E-state index in [0.717, 1.165) is 4.47 Å². The van der Waals surface area contributed by atoms with Crippen molar-refractivity contribution in [1.29, 1.82) is 0 Å². The molecule has 0 bridgehead atoms. The molecule has 0 radical (unpaired) electrons. The van der Waals surface area contributed by atoms with Gasteiger partial charge in [-0.15, -0.1) is 0 Å². The zero-order valence-corrected chi connectivity index (χ0v) is 10.5. The number of benzene rings is 1. The number of nitrogens with two attached hydrogens (primary N) is 2. The van der Waals surface area contributed by atoms with Gasteiger partial charge in [-0.3, -0.25) is 4.98 Å². The van der Waals surface area contributed by atoms with Crippen LogP contribution in [0.25, 0.3) is 0 Å². The first-order valence-electron chi connectivity index (χ1n) is 4.99. The summed E-state index contributed by atoms with van der Waals surface area (Å²) in [5.74, 6) is -0.357. The molecule has 0 fully saturated rings. The van der Waals surface area contributed by atoms with Crippen LogP contribution < -0.4 is 11.5 Å². The van der Waals surface area contributed by atoms with Gasteiger partial charge >= 0.3 is 0 Å². The average molecular weight is 296 g/mol. The minimum atomic E-state index is -0.624. The van der Waals surface area contributed by atoms with Crippen LogP contribution in [0.15, 0.2) is 41.1 Å². The van der Waals surface area contributed by atoms with Crippen LogP contribution in [0.1, 0.15) is 17.2 Å². The molecule has 2 aromatic rings. The van der Waals surface area contributed by atoms with Crippen molar-refractivity contribution in [2.75, 3.05) is 5.73 Å². The van der Waals surface area contributed by atoms with Crippen LogP contribution in [0, 0.1) is 5.82 Å². The van der Waals surface area contributed by atoms with Crippen molar-refractivity contribution in [3.63, 3.8) is 0 Å². The van der Waals surface area contributed by atoms with E-state index in [-0.39, 0.29) is 5.82 Å². The molecule has 17 heavy (non-hydrogen) atoms. The molecule has 88 valence electrons. The lowest BCUT2D eigenvalue weighted by atomic mass is 9.99. The third-order valence-corrected chi connectivity index (χ3v) is 3.01. The number of nitrogen functional groups attached to an aromatic ring is 1. The van der Waals surface area contributed by atoms with Crippen molar-refractivity contribution in [3.8, 4) is 0 Å². The standard InChI is InChI=1S/C12H11BrFN3/c13-7-1-2-10(14)8(5-7)12(16)9-6-17-4-3-11(9)15/h1-6,12H,16H2,(H2,15,17). The smallest absolute Gasteiger partial charge is 0.128 e. The summed E-state index contributed by atoms with van der Waals surface area (Å²) in [6.45, 7) is 0. The van der Waals surface area contributed by atoms with Gasteiger partial charge in [-0.05, 0) is 24.3 Å². The number of anilines is 1. The fraction of sp³-hybridized carbons (Fsp3) is 0.0833. The summed E-state index contributed by atoms with van der Waals surface area (Å²) in [5, 5.41) is 0. The Kier molecular flexibility index (Phi) is 3.40. The van der Waals surface area contributed by atoms with Gasteiger partial charge < -0.3 is 11.5 Å². The van der Waals surface area contributed by atoms with Gasteiger partial charge in [0.15, 0.2) is 0 Å². The van der Waals surface area contributed by atoms with E-state index < -0.39 is 6.04 Å². The van der Waals surface area contributed by atoms with Gasteiger partial charge in [0.25, 0.3) is 0 Å². The second-order valence-corrected chi connectivity index (χ2v) is 4.56. The van der Waals surface area contributed by atoms with Gasteiger partial charge in [-0.1, -0.05) is 15.9 Å². The minimum absolute atomic E-state index is 0.357. The summed E-state index contributed by atoms with van der Waals surface area (Å²) in [7, 11) is 0. The average Bonchev–Trinajstić information content (AvgIpc) is 2.32. The lowest BCUT2D eigenvalue weighted by molar-refractivity contribution is 0.599. The fourth-order valence-electron chi connectivity index (χ4n) is 1.60. The largest absolute Gasteiger partial charge is 0.398 e. The quantitative estimate of drug-likeness (QED) is 0.895. The molecule has 0 saturated heterocycles. The highest BCUT2D eigenvalue weighted by molar-refractivity contribution is 9.10. The van der Waals surface area contributed by atoms with Crippen molar-refractivity contribution in [1.82, 2.24) is 4.98 Å². The summed E-state index contributed by atoms with van der Waals surface area (Å²) < 4.78 is 14.4. The Hall–Kier alpha value is -1.46. The molecule has 1 unspecified atom stereocenters. The predicted molar refractivity (Wildman–Crippen MR) is 68.8 cm³/mol. The van der Waals surface area contributed by atoms with E-state index in [2.05, 4.69) is 20.9 Å². The summed E-state index contributed by atoms with van der Waals surface area (Å²) in [4.78, 5) is 3.95. The van der Waals surface area contributed by atoms with E-state index in [9.17, 15) is 4.39 Å². The maximum absolute atomic E-state index is 13.7. The third-order valence-electron chi connectivity index (χ3n) is 2.52. The Balaban J connectivity index is 2.47. The first-order valence-corrected chi connectivity index (χ1v) is 5.79. The number of nitrogens with zero attached hydrogens (tertiary/aromatic N) is 1. The van der Waals surface area contributed by atoms with Crippen molar-refractivity contribution in [3.05, 3.63) is 58.1 Å². The highest BCUT2D eigenvalue weighted by Gasteiger charge is 2.16. The Labute approximate surface area is 107 Å². The molecule has 1 aromatic carbocycles. The van der Waals surface area contributed by atoms with E-state index in [0.29, 0.717) is 16.8 Å². The lowest BCUT2D eigenvalue weighted by Crippen LogP contribution is -2.15. The number of halogens is 2. The molecular weight excluding hydrogens is 285 g/mol. The maximum Gasteiger partial charge on any atom is 0.128 e. The normalized spacial score (nSPS) is 12.4. The van der Waals surface area contributed by atoms with Gasteiger partial charge in [0.05, 0.1) is 6.04 Å². The molecule has 0 aliphatic rings. The molecule has 3 nitrogen and oxygen atoms in total. The number of hydrogen-bond donors (Lipinski definition) is 2. The number of hydrogen-bond acceptors (Lipinski definition) is 3. The van der Waals surface area contributed by atoms with E-state index in [1.54, 1.807) is 30.6 Å². The van der Waals surface area contributed by atoms with Crippen molar-refractivity contribution in [2.24, 2.45) is 5.73 Å². The molecule has 0 amide bonds. The molecule has 0 spiro atoms. The SMILES string of the molecule is Nc1ccncc1C(N)c1cc(Br)ccc1F. The summed E-state index contributed by atoms with van der Waals surface area (Å²) in [5.41, 5.74) is 13.3. The Morgan fingerprint density at radius 1 is 1.24 bits per heavy atom. The van der Waals surface area contributed by atoms with Crippen LogP contribution in [-0.4, -0.2) is 4.98 Å². The maximum atomic E-state index is 13.7. The number of pyridine rings is 1. The van der Waals surface area contributed by atoms with E-state index in [4.69, 9.17) is 11.5 Å². The second-order valence-electron chi connectivity index (χ2n) is 3.65. The Bertz CT molecular complexity index is 545. The number of rotatable bonds is 2. The van der Waals surface area contributed by atoms with Crippen molar-refractivity contribution >= 4 is 21.6 Å². The lowest BCUT2D eigenvalue weighted by Gasteiger charge is -2.15. The highest BCUT2D eigenvalue weighted by atomic mass is 79.9. The molecule has 0 aliphatic carbocycles. The highest BCUT2D eigenvalue weighted by Crippen LogP contribution is 2.27. The van der Waals surface area contributed by atoms with Gasteiger partial charge in [0, 0.05) is 33.7 Å². The van der Waals surface area contributed by atoms with E-state index in [1.165, 1.54) is 6.07 Å². The van der Waals surface area contributed by atoms with Crippen LogP contribution >= 0.6 is 15.9 Å². The zero-order chi connectivity index (χ0) is 12.4. The van der Waals surface area contributed by atoms with Crippen LogP contribution in [0.5, 0.6) is 0 Å². The van der Waals surface area contributed by atoms with Gasteiger partial charge in [0.2, 0.25) is 0 Å². The third kappa shape index (κ3) is 2.45. The molecule has 1 aromatic heterocycles. The first-order chi connectivity index (χ1) is 8.09. The predicted octanol–water partition coefficient (Wildman–Crippen LogP) is 2.61. The monoisotopic (exact) mass is 295 g/mol. The number of aromatic nitrogens is 1. The van der Waals surface area contributed by atoms with Crippen LogP contribution in [-0.2, 0) is 0 Å². The summed E-state index contributed by atoms with van der Waals surface area (Å²) in [6.07, 6.45) is 3.13. The van der Waals surface area contributed by atoms with Gasteiger partial charge in [0.1, 0.15) is 5.82 Å². The molecule has 0 saturated carbocycles. The summed E-state index contributed by atoms with van der Waals surface area (Å²) in [6, 6.07) is 5.66. The molecule has 4 N–H and O–H groups in total. The fourth-order valence-corrected chi connectivity index (χ4v) is 1.98. The van der Waals surface area contributed by atoms with Gasteiger partial charge in [-0.2, -0.15) is 0 Å². The van der Waals surface area contributed by atoms with Crippen LogP contribution in [0.2, 0.25) is 0 Å². The van der Waals surface area contributed by atoms with Crippen LogP contribution in [0.4, 0.5) is 10.1 Å². The second kappa shape index (κ2) is 4.81. The van der Waals surface area contributed by atoms with E-state index >= 15 is 0 Å². The molecular formula is C12H11BrFN3. The minimum Gasteiger partial charge on any atom is -0.398 e. The molecule has 1 heterocycles. The summed E-state index contributed by atoms with van der Waals surface area (Å²) >= 11 is 3.29. The Morgan fingerprint density at radius 3 is 2.71 bits per heavy atom. The zero-order valence-electron chi connectivity index (χ0n) is 8.90. The Morgan fingerprint density at radius 2 is 2.00 bits per heavy atom. The van der Waals surface area contributed by atoms with Crippen molar-refractivity contribution in [2.45, 2.75) is 6.04 Å². The first kappa shape index (κ1) is 12.0.